The first-order chi connectivity index (χ1) is 11.4. The lowest BCUT2D eigenvalue weighted by molar-refractivity contribution is -0.134. The molecule has 0 N–H and O–H groups in total. The van der Waals surface area contributed by atoms with Crippen molar-refractivity contribution in [1.82, 2.24) is 9.80 Å². The highest BCUT2D eigenvalue weighted by atomic mass is 32.2. The molecular weight excluding hydrogens is 328 g/mol. The maximum Gasteiger partial charge on any atom is 0.237 e. The third-order valence-electron chi connectivity index (χ3n) is 4.21. The van der Waals surface area contributed by atoms with Crippen molar-refractivity contribution in [3.05, 3.63) is 35.9 Å². The van der Waals surface area contributed by atoms with E-state index in [1.165, 1.54) is 0 Å². The summed E-state index contributed by atoms with van der Waals surface area (Å²) in [6, 6.07) is 9.71. The molecule has 1 saturated heterocycles. The lowest BCUT2D eigenvalue weighted by Crippen LogP contribution is -2.47. The van der Waals surface area contributed by atoms with Crippen LogP contribution in [-0.4, -0.2) is 75.5 Å². The average Bonchev–Trinajstić information content (AvgIpc) is 2.88. The van der Waals surface area contributed by atoms with Crippen LogP contribution >= 0.6 is 0 Å². The molecule has 7 heteroatoms. The zero-order valence-corrected chi connectivity index (χ0v) is 15.2. The van der Waals surface area contributed by atoms with Crippen LogP contribution in [0.4, 0.5) is 0 Å². The van der Waals surface area contributed by atoms with Crippen LogP contribution in [0.25, 0.3) is 0 Å². The van der Waals surface area contributed by atoms with Crippen LogP contribution in [-0.2, 0) is 25.9 Å². The molecule has 1 amide bonds. The van der Waals surface area contributed by atoms with Gasteiger partial charge in [-0.25, -0.2) is 8.42 Å². The smallest absolute Gasteiger partial charge is 0.237 e. The lowest BCUT2D eigenvalue weighted by Gasteiger charge is -2.30. The van der Waals surface area contributed by atoms with Crippen molar-refractivity contribution in [2.45, 2.75) is 19.0 Å². The molecule has 0 aromatic heterocycles. The standard InChI is InChI=1S/C17H26N2O4S/c1-18(12-15-6-4-3-5-7-15)13-17(20)19(9-10-23-2)16-8-11-24(21,22)14-16/h3-7,16H,8-14H2,1-2H3. The predicted molar refractivity (Wildman–Crippen MR) is 93.4 cm³/mol. The monoisotopic (exact) mass is 354 g/mol. The maximum atomic E-state index is 12.7. The normalized spacial score (nSPS) is 19.5. The van der Waals surface area contributed by atoms with E-state index in [4.69, 9.17) is 4.74 Å². The van der Waals surface area contributed by atoms with Gasteiger partial charge < -0.3 is 9.64 Å². The van der Waals surface area contributed by atoms with Gasteiger partial charge in [0.2, 0.25) is 5.91 Å². The van der Waals surface area contributed by atoms with Gasteiger partial charge in [-0.2, -0.15) is 0 Å². The molecule has 6 nitrogen and oxygen atoms in total. The lowest BCUT2D eigenvalue weighted by atomic mass is 10.2. The summed E-state index contributed by atoms with van der Waals surface area (Å²) in [5.41, 5.74) is 1.14. The highest BCUT2D eigenvalue weighted by Gasteiger charge is 2.34. The third-order valence-corrected chi connectivity index (χ3v) is 5.96. The number of likely N-dealkylation sites (N-methyl/N-ethyl adjacent to an activating group) is 1. The second-order valence-electron chi connectivity index (χ2n) is 6.29. The number of hydrogen-bond donors (Lipinski definition) is 0. The number of methoxy groups -OCH3 is 1. The zero-order valence-electron chi connectivity index (χ0n) is 14.3. The number of sulfone groups is 1. The summed E-state index contributed by atoms with van der Waals surface area (Å²) in [5.74, 6) is 0.173. The zero-order chi connectivity index (χ0) is 17.6. The highest BCUT2D eigenvalue weighted by Crippen LogP contribution is 2.18. The number of amides is 1. The van der Waals surface area contributed by atoms with E-state index in [-0.39, 0.29) is 30.0 Å². The minimum atomic E-state index is -3.02. The van der Waals surface area contributed by atoms with E-state index in [0.29, 0.717) is 26.1 Å². The Morgan fingerprint density at radius 1 is 1.29 bits per heavy atom. The van der Waals surface area contributed by atoms with Crippen molar-refractivity contribution in [2.24, 2.45) is 0 Å². The van der Waals surface area contributed by atoms with Gasteiger partial charge in [0.1, 0.15) is 0 Å². The van der Waals surface area contributed by atoms with E-state index in [1.807, 2.05) is 42.3 Å². The van der Waals surface area contributed by atoms with Gasteiger partial charge in [-0.15, -0.1) is 0 Å². The Morgan fingerprint density at radius 2 is 2.00 bits per heavy atom. The Labute approximate surface area is 144 Å². The highest BCUT2D eigenvalue weighted by molar-refractivity contribution is 7.91. The Bertz CT molecular complexity index is 633. The molecule has 1 aromatic carbocycles. The molecule has 1 aromatic rings. The maximum absolute atomic E-state index is 12.7. The topological polar surface area (TPSA) is 66.9 Å². The number of benzene rings is 1. The number of nitrogens with zero attached hydrogens (tertiary/aromatic N) is 2. The Kier molecular flexibility index (Phi) is 6.77. The fourth-order valence-corrected chi connectivity index (χ4v) is 4.73. The van der Waals surface area contributed by atoms with Gasteiger partial charge in [0, 0.05) is 26.2 Å². The van der Waals surface area contributed by atoms with E-state index in [2.05, 4.69) is 0 Å². The molecule has 0 spiro atoms. The fraction of sp³-hybridized carbons (Fsp3) is 0.588. The van der Waals surface area contributed by atoms with Gasteiger partial charge in [0.25, 0.3) is 0 Å². The molecule has 0 bridgehead atoms. The Balaban J connectivity index is 1.96. The quantitative estimate of drug-likeness (QED) is 0.690. The third kappa shape index (κ3) is 5.58. The van der Waals surface area contributed by atoms with Gasteiger partial charge >= 0.3 is 0 Å². The van der Waals surface area contributed by atoms with Crippen molar-refractivity contribution in [1.29, 1.82) is 0 Å². The Morgan fingerprint density at radius 3 is 2.58 bits per heavy atom. The van der Waals surface area contributed by atoms with Crippen molar-refractivity contribution >= 4 is 15.7 Å². The molecule has 2 rings (SSSR count). The molecule has 1 heterocycles. The fourth-order valence-electron chi connectivity index (χ4n) is 2.99. The minimum absolute atomic E-state index is 0.0485. The summed E-state index contributed by atoms with van der Waals surface area (Å²) in [4.78, 5) is 16.3. The number of ether oxygens (including phenoxy) is 1. The number of carbonyl (C=O) groups excluding carboxylic acids is 1. The van der Waals surface area contributed by atoms with Gasteiger partial charge in [0.15, 0.2) is 9.84 Å². The van der Waals surface area contributed by atoms with Crippen LogP contribution < -0.4 is 0 Å². The summed E-state index contributed by atoms with van der Waals surface area (Å²) in [6.07, 6.45) is 0.514. The van der Waals surface area contributed by atoms with Gasteiger partial charge in [-0.3, -0.25) is 9.69 Å². The van der Waals surface area contributed by atoms with Crippen LogP contribution in [0.1, 0.15) is 12.0 Å². The number of carbonyl (C=O) groups is 1. The largest absolute Gasteiger partial charge is 0.383 e. The van der Waals surface area contributed by atoms with Crippen LogP contribution in [0, 0.1) is 0 Å². The van der Waals surface area contributed by atoms with Crippen molar-refractivity contribution < 1.29 is 17.9 Å². The van der Waals surface area contributed by atoms with Crippen LogP contribution in [0.3, 0.4) is 0 Å². The molecule has 24 heavy (non-hydrogen) atoms. The molecule has 0 aliphatic carbocycles. The first-order valence-electron chi connectivity index (χ1n) is 8.12. The first kappa shape index (κ1) is 18.9. The second kappa shape index (κ2) is 8.60. The van der Waals surface area contributed by atoms with Crippen molar-refractivity contribution in [2.75, 3.05) is 45.4 Å². The molecule has 134 valence electrons. The summed E-state index contributed by atoms with van der Waals surface area (Å²) in [6.45, 7) is 1.77. The van der Waals surface area contributed by atoms with E-state index in [9.17, 15) is 13.2 Å². The molecule has 1 aliphatic heterocycles. The number of hydrogen-bond acceptors (Lipinski definition) is 5. The van der Waals surface area contributed by atoms with E-state index >= 15 is 0 Å². The van der Waals surface area contributed by atoms with Gasteiger partial charge in [-0.1, -0.05) is 30.3 Å². The minimum Gasteiger partial charge on any atom is -0.383 e. The van der Waals surface area contributed by atoms with E-state index in [1.54, 1.807) is 12.0 Å². The van der Waals surface area contributed by atoms with Crippen LogP contribution in [0.2, 0.25) is 0 Å². The first-order valence-corrected chi connectivity index (χ1v) is 9.95. The van der Waals surface area contributed by atoms with Crippen molar-refractivity contribution in [3.8, 4) is 0 Å². The summed E-state index contributed by atoms with van der Waals surface area (Å²) in [7, 11) is 0.448. The summed E-state index contributed by atoms with van der Waals surface area (Å²) >= 11 is 0. The predicted octanol–water partition coefficient (Wildman–Crippen LogP) is 0.781. The van der Waals surface area contributed by atoms with Gasteiger partial charge in [-0.05, 0) is 19.0 Å². The Hall–Kier alpha value is -1.44. The second-order valence-corrected chi connectivity index (χ2v) is 8.52. The van der Waals surface area contributed by atoms with Crippen LogP contribution in [0.15, 0.2) is 30.3 Å². The van der Waals surface area contributed by atoms with Crippen molar-refractivity contribution in [3.63, 3.8) is 0 Å². The van der Waals surface area contributed by atoms with E-state index in [0.717, 1.165) is 5.56 Å². The molecule has 0 radical (unpaired) electrons. The molecular formula is C17H26N2O4S. The van der Waals surface area contributed by atoms with Gasteiger partial charge in [0.05, 0.1) is 24.7 Å². The summed E-state index contributed by atoms with van der Waals surface area (Å²) < 4.78 is 28.5. The molecule has 1 unspecified atom stereocenters. The molecule has 1 aliphatic rings. The number of rotatable bonds is 8. The summed E-state index contributed by atoms with van der Waals surface area (Å²) in [5, 5.41) is 0. The molecule has 0 saturated carbocycles. The SMILES string of the molecule is COCCN(C(=O)CN(C)Cc1ccccc1)C1CCS(=O)(=O)C1. The van der Waals surface area contributed by atoms with E-state index < -0.39 is 9.84 Å². The van der Waals surface area contributed by atoms with Crippen LogP contribution in [0.5, 0.6) is 0 Å². The molecule has 1 atom stereocenters. The average molecular weight is 354 g/mol. The molecule has 1 fully saturated rings.